The van der Waals surface area contributed by atoms with Crippen LogP contribution in [0.4, 0.5) is 4.79 Å². The number of pyridine rings is 1. The van der Waals surface area contributed by atoms with Gasteiger partial charge >= 0.3 is 6.09 Å². The third-order valence-corrected chi connectivity index (χ3v) is 2.50. The summed E-state index contributed by atoms with van der Waals surface area (Å²) in [5.74, 6) is 0. The second kappa shape index (κ2) is 6.41. The summed E-state index contributed by atoms with van der Waals surface area (Å²) in [6, 6.07) is 1.47. The van der Waals surface area contributed by atoms with E-state index in [0.717, 1.165) is 0 Å². The van der Waals surface area contributed by atoms with Crippen molar-refractivity contribution >= 4 is 29.3 Å². The van der Waals surface area contributed by atoms with Crippen LogP contribution < -0.4 is 5.32 Å². The van der Waals surface area contributed by atoms with Gasteiger partial charge in [0.05, 0.1) is 22.3 Å². The molecule has 0 bridgehead atoms. The minimum atomic E-state index is -1.03. The molecule has 0 saturated heterocycles. The van der Waals surface area contributed by atoms with Crippen molar-refractivity contribution in [1.29, 1.82) is 0 Å². The predicted molar refractivity (Wildman–Crippen MR) is 73.5 cm³/mol. The molecule has 1 atom stereocenters. The Kier molecular flexibility index (Phi) is 5.40. The van der Waals surface area contributed by atoms with Gasteiger partial charge in [-0.3, -0.25) is 4.98 Å². The average Bonchev–Trinajstić information content (AvgIpc) is 2.23. The number of halogens is 2. The molecule has 0 aliphatic heterocycles. The van der Waals surface area contributed by atoms with E-state index < -0.39 is 17.8 Å². The monoisotopic (exact) mass is 306 g/mol. The highest BCUT2D eigenvalue weighted by atomic mass is 35.5. The molecule has 0 spiro atoms. The minimum Gasteiger partial charge on any atom is -0.444 e. The fraction of sp³-hybridized carbons (Fsp3) is 0.500. The van der Waals surface area contributed by atoms with E-state index >= 15 is 0 Å². The molecule has 1 unspecified atom stereocenters. The van der Waals surface area contributed by atoms with E-state index in [0.29, 0.717) is 5.02 Å². The molecule has 0 saturated carbocycles. The van der Waals surface area contributed by atoms with E-state index in [1.165, 1.54) is 12.3 Å². The summed E-state index contributed by atoms with van der Waals surface area (Å²) in [5, 5.41) is 12.9. The Hall–Kier alpha value is -1.04. The number of aromatic nitrogens is 1. The van der Waals surface area contributed by atoms with Crippen LogP contribution in [0.2, 0.25) is 10.0 Å². The van der Waals surface area contributed by atoms with Crippen molar-refractivity contribution in [1.82, 2.24) is 10.3 Å². The standard InChI is InChI=1S/C12H16Cl2N2O3/c1-12(2,3)19-11(18)16-6-9(17)10-8(14)4-7(13)5-15-10/h4-5,9,17H,6H2,1-3H3,(H,16,18). The second-order valence-electron chi connectivity index (χ2n) is 4.92. The van der Waals surface area contributed by atoms with Gasteiger partial charge in [0.15, 0.2) is 0 Å². The van der Waals surface area contributed by atoms with Crippen LogP contribution in [0.5, 0.6) is 0 Å². The molecule has 1 aromatic heterocycles. The third kappa shape index (κ3) is 5.63. The normalized spacial score (nSPS) is 12.9. The number of hydrogen-bond donors (Lipinski definition) is 2. The predicted octanol–water partition coefficient (Wildman–Crippen LogP) is 2.95. The van der Waals surface area contributed by atoms with Gasteiger partial charge in [0.2, 0.25) is 0 Å². The maximum absolute atomic E-state index is 11.4. The van der Waals surface area contributed by atoms with Crippen LogP contribution in [-0.4, -0.2) is 28.3 Å². The topological polar surface area (TPSA) is 71.5 Å². The van der Waals surface area contributed by atoms with Gasteiger partial charge in [-0.2, -0.15) is 0 Å². The number of aliphatic hydroxyl groups excluding tert-OH is 1. The van der Waals surface area contributed by atoms with Crippen LogP contribution in [0.25, 0.3) is 0 Å². The van der Waals surface area contributed by atoms with Crippen molar-refractivity contribution in [3.05, 3.63) is 28.0 Å². The number of hydrogen-bond acceptors (Lipinski definition) is 4. The van der Waals surface area contributed by atoms with Gasteiger partial charge in [-0.15, -0.1) is 0 Å². The number of amides is 1. The second-order valence-corrected chi connectivity index (χ2v) is 5.76. The van der Waals surface area contributed by atoms with Crippen molar-refractivity contribution in [2.75, 3.05) is 6.54 Å². The fourth-order valence-corrected chi connectivity index (χ4v) is 1.77. The average molecular weight is 307 g/mol. The Labute approximate surface area is 121 Å². The molecule has 5 nitrogen and oxygen atoms in total. The molecular formula is C12H16Cl2N2O3. The number of nitrogens with zero attached hydrogens (tertiary/aromatic N) is 1. The zero-order chi connectivity index (χ0) is 14.6. The van der Waals surface area contributed by atoms with Crippen molar-refractivity contribution in [2.24, 2.45) is 0 Å². The Morgan fingerprint density at radius 1 is 1.53 bits per heavy atom. The van der Waals surface area contributed by atoms with E-state index in [4.69, 9.17) is 27.9 Å². The summed E-state index contributed by atoms with van der Waals surface area (Å²) in [4.78, 5) is 15.3. The SMILES string of the molecule is CC(C)(C)OC(=O)NCC(O)c1ncc(Cl)cc1Cl. The number of aliphatic hydroxyl groups is 1. The summed E-state index contributed by atoms with van der Waals surface area (Å²) < 4.78 is 5.04. The zero-order valence-corrected chi connectivity index (χ0v) is 12.4. The van der Waals surface area contributed by atoms with Gasteiger partial charge < -0.3 is 15.2 Å². The molecule has 0 aromatic carbocycles. The Balaban J connectivity index is 2.56. The molecule has 1 amide bonds. The molecule has 2 N–H and O–H groups in total. The minimum absolute atomic E-state index is 0.0523. The molecule has 0 fully saturated rings. The van der Waals surface area contributed by atoms with Gasteiger partial charge in [0.25, 0.3) is 0 Å². The first-order valence-electron chi connectivity index (χ1n) is 5.65. The highest BCUT2D eigenvalue weighted by molar-refractivity contribution is 6.34. The third-order valence-electron chi connectivity index (χ3n) is 1.99. The van der Waals surface area contributed by atoms with E-state index in [2.05, 4.69) is 10.3 Å². The summed E-state index contributed by atoms with van der Waals surface area (Å²) in [6.07, 6.45) is -0.270. The van der Waals surface area contributed by atoms with Gasteiger partial charge in [-0.1, -0.05) is 23.2 Å². The molecular weight excluding hydrogens is 291 g/mol. The summed E-state index contributed by atoms with van der Waals surface area (Å²) in [5.41, 5.74) is -0.340. The van der Waals surface area contributed by atoms with E-state index in [-0.39, 0.29) is 17.3 Å². The van der Waals surface area contributed by atoms with Crippen LogP contribution >= 0.6 is 23.2 Å². The fourth-order valence-electron chi connectivity index (χ4n) is 1.26. The van der Waals surface area contributed by atoms with Crippen LogP contribution in [-0.2, 0) is 4.74 Å². The van der Waals surface area contributed by atoms with Gasteiger partial charge in [-0.25, -0.2) is 4.79 Å². The maximum atomic E-state index is 11.4. The molecule has 0 aliphatic carbocycles. The molecule has 0 aliphatic rings. The molecule has 1 rings (SSSR count). The Morgan fingerprint density at radius 3 is 2.68 bits per heavy atom. The Bertz CT molecular complexity index is 461. The Morgan fingerprint density at radius 2 is 2.16 bits per heavy atom. The molecule has 7 heteroatoms. The van der Waals surface area contributed by atoms with Crippen molar-refractivity contribution in [3.63, 3.8) is 0 Å². The number of alkyl carbamates (subject to hydrolysis) is 1. The first-order valence-corrected chi connectivity index (χ1v) is 6.40. The van der Waals surface area contributed by atoms with Gasteiger partial charge in [-0.05, 0) is 26.8 Å². The van der Waals surface area contributed by atoms with E-state index in [1.807, 2.05) is 0 Å². The lowest BCUT2D eigenvalue weighted by Gasteiger charge is -2.20. The van der Waals surface area contributed by atoms with E-state index in [9.17, 15) is 9.90 Å². The first-order chi connectivity index (χ1) is 8.69. The number of ether oxygens (including phenoxy) is 1. The molecule has 19 heavy (non-hydrogen) atoms. The van der Waals surface area contributed by atoms with Gasteiger partial charge in [0.1, 0.15) is 11.7 Å². The lowest BCUT2D eigenvalue weighted by molar-refractivity contribution is 0.0490. The highest BCUT2D eigenvalue weighted by Crippen LogP contribution is 2.23. The largest absolute Gasteiger partial charge is 0.444 e. The van der Waals surface area contributed by atoms with Crippen molar-refractivity contribution in [2.45, 2.75) is 32.5 Å². The van der Waals surface area contributed by atoms with Crippen LogP contribution in [0.1, 0.15) is 32.6 Å². The molecule has 1 aromatic rings. The van der Waals surface area contributed by atoms with Crippen molar-refractivity contribution < 1.29 is 14.6 Å². The van der Waals surface area contributed by atoms with Crippen LogP contribution in [0, 0.1) is 0 Å². The molecule has 0 radical (unpaired) electrons. The summed E-state index contributed by atoms with van der Waals surface area (Å²) >= 11 is 11.6. The number of carbonyl (C=O) groups excluding carboxylic acids is 1. The summed E-state index contributed by atoms with van der Waals surface area (Å²) in [6.45, 7) is 5.20. The van der Waals surface area contributed by atoms with Gasteiger partial charge in [0, 0.05) is 6.20 Å². The zero-order valence-electron chi connectivity index (χ0n) is 10.9. The molecule has 106 valence electrons. The lowest BCUT2D eigenvalue weighted by Crippen LogP contribution is -2.35. The number of nitrogens with one attached hydrogen (secondary N) is 1. The number of carbonyl (C=O) groups is 1. The quantitative estimate of drug-likeness (QED) is 0.900. The van der Waals surface area contributed by atoms with Crippen LogP contribution in [0.15, 0.2) is 12.3 Å². The first kappa shape index (κ1) is 16.0. The molecule has 1 heterocycles. The highest BCUT2D eigenvalue weighted by Gasteiger charge is 2.19. The smallest absolute Gasteiger partial charge is 0.407 e. The summed E-state index contributed by atoms with van der Waals surface area (Å²) in [7, 11) is 0. The van der Waals surface area contributed by atoms with Crippen LogP contribution in [0.3, 0.4) is 0 Å². The van der Waals surface area contributed by atoms with E-state index in [1.54, 1.807) is 20.8 Å². The van der Waals surface area contributed by atoms with Crippen molar-refractivity contribution in [3.8, 4) is 0 Å². The number of rotatable bonds is 3. The lowest BCUT2D eigenvalue weighted by atomic mass is 10.2. The maximum Gasteiger partial charge on any atom is 0.407 e.